The van der Waals surface area contributed by atoms with E-state index in [0.29, 0.717) is 6.42 Å². The van der Waals surface area contributed by atoms with Crippen LogP contribution in [0, 0.1) is 11.8 Å². The summed E-state index contributed by atoms with van der Waals surface area (Å²) in [5.41, 5.74) is 0. The van der Waals surface area contributed by atoms with Gasteiger partial charge >= 0.3 is 5.97 Å². The van der Waals surface area contributed by atoms with E-state index in [0.717, 1.165) is 6.54 Å². The largest absolute Gasteiger partial charge is 0.481 e. The Bertz CT molecular complexity index is 265. The fraction of sp³-hybridized carbons (Fsp3) is 0.800. The molecule has 3 atom stereocenters. The summed E-state index contributed by atoms with van der Waals surface area (Å²) in [5, 5.41) is 11.5. The van der Waals surface area contributed by atoms with Gasteiger partial charge in [0.1, 0.15) is 0 Å². The number of nitrogens with zero attached hydrogens (tertiary/aromatic N) is 1. The molecule has 0 bridgehead atoms. The van der Waals surface area contributed by atoms with E-state index in [-0.39, 0.29) is 17.9 Å². The van der Waals surface area contributed by atoms with Gasteiger partial charge in [-0.25, -0.2) is 0 Å². The Morgan fingerprint density at radius 2 is 2.07 bits per heavy atom. The van der Waals surface area contributed by atoms with Crippen molar-refractivity contribution in [3.63, 3.8) is 0 Å². The number of hydrogen-bond acceptors (Lipinski definition) is 3. The first kappa shape index (κ1) is 12.0. The Labute approximate surface area is 89.4 Å². The van der Waals surface area contributed by atoms with Gasteiger partial charge in [0.25, 0.3) is 0 Å². The molecule has 0 aliphatic heterocycles. The molecule has 5 nitrogen and oxygen atoms in total. The molecule has 1 aliphatic rings. The second-order valence-electron chi connectivity index (χ2n) is 4.46. The molecule has 1 aliphatic carbocycles. The normalized spacial score (nSPS) is 26.1. The summed E-state index contributed by atoms with van der Waals surface area (Å²) >= 11 is 0. The van der Waals surface area contributed by atoms with Crippen LogP contribution in [0.2, 0.25) is 0 Å². The van der Waals surface area contributed by atoms with Crippen molar-refractivity contribution in [2.45, 2.75) is 19.4 Å². The van der Waals surface area contributed by atoms with Crippen LogP contribution in [0.5, 0.6) is 0 Å². The molecular weight excluding hydrogens is 196 g/mol. The molecule has 15 heavy (non-hydrogen) atoms. The maximum atomic E-state index is 11.5. The average Bonchev–Trinajstić information content (AvgIpc) is 2.79. The van der Waals surface area contributed by atoms with Crippen LogP contribution in [0.3, 0.4) is 0 Å². The number of hydrogen-bond donors (Lipinski definition) is 2. The molecule has 1 unspecified atom stereocenters. The molecule has 1 fully saturated rings. The van der Waals surface area contributed by atoms with Crippen molar-refractivity contribution in [1.82, 2.24) is 10.2 Å². The zero-order chi connectivity index (χ0) is 11.6. The van der Waals surface area contributed by atoms with Crippen molar-refractivity contribution in [3.8, 4) is 0 Å². The van der Waals surface area contributed by atoms with Crippen LogP contribution < -0.4 is 5.32 Å². The van der Waals surface area contributed by atoms with Gasteiger partial charge in [-0.1, -0.05) is 0 Å². The molecule has 0 radical (unpaired) electrons. The summed E-state index contributed by atoms with van der Waals surface area (Å²) in [6, 6.07) is 0.0579. The van der Waals surface area contributed by atoms with Gasteiger partial charge in [-0.2, -0.15) is 0 Å². The van der Waals surface area contributed by atoms with Crippen molar-refractivity contribution in [3.05, 3.63) is 0 Å². The fourth-order valence-electron chi connectivity index (χ4n) is 1.70. The molecule has 2 N–H and O–H groups in total. The molecule has 1 rings (SSSR count). The summed E-state index contributed by atoms with van der Waals surface area (Å²) in [6.07, 6.45) is 0.482. The maximum Gasteiger partial charge on any atom is 0.307 e. The summed E-state index contributed by atoms with van der Waals surface area (Å²) in [7, 11) is 3.86. The molecule has 0 heterocycles. The van der Waals surface area contributed by atoms with Crippen molar-refractivity contribution < 1.29 is 14.7 Å². The standard InChI is InChI=1S/C10H18N2O3/c1-6(5-12(2)3)11-9(13)7-4-8(7)10(14)15/h6-8H,4-5H2,1-3H3,(H,11,13)(H,14,15)/t6?,7-,8+/m1/s1. The van der Waals surface area contributed by atoms with E-state index in [1.54, 1.807) is 0 Å². The van der Waals surface area contributed by atoms with Gasteiger partial charge in [-0.05, 0) is 27.4 Å². The van der Waals surface area contributed by atoms with E-state index in [2.05, 4.69) is 5.32 Å². The molecular formula is C10H18N2O3. The predicted octanol–water partition coefficient (Wildman–Crippen LogP) is -0.227. The highest BCUT2D eigenvalue weighted by Crippen LogP contribution is 2.38. The van der Waals surface area contributed by atoms with Crippen LogP contribution in [0.25, 0.3) is 0 Å². The zero-order valence-electron chi connectivity index (χ0n) is 9.36. The lowest BCUT2D eigenvalue weighted by Gasteiger charge is -2.18. The Morgan fingerprint density at radius 3 is 2.47 bits per heavy atom. The first-order valence-corrected chi connectivity index (χ1v) is 5.09. The number of carbonyl (C=O) groups excluding carboxylic acids is 1. The Balaban J connectivity index is 2.28. The third-order valence-electron chi connectivity index (χ3n) is 2.47. The third kappa shape index (κ3) is 3.51. The number of carboxylic acids is 1. The fourth-order valence-corrected chi connectivity index (χ4v) is 1.70. The van der Waals surface area contributed by atoms with Crippen molar-refractivity contribution in [2.75, 3.05) is 20.6 Å². The molecule has 0 aromatic heterocycles. The molecule has 0 saturated heterocycles. The highest BCUT2D eigenvalue weighted by molar-refractivity contribution is 5.89. The smallest absolute Gasteiger partial charge is 0.307 e. The van der Waals surface area contributed by atoms with Gasteiger partial charge in [-0.15, -0.1) is 0 Å². The molecule has 5 heteroatoms. The lowest BCUT2D eigenvalue weighted by Crippen LogP contribution is -2.40. The lowest BCUT2D eigenvalue weighted by atomic mass is 10.2. The average molecular weight is 214 g/mol. The van der Waals surface area contributed by atoms with Gasteiger partial charge in [0.15, 0.2) is 0 Å². The summed E-state index contributed by atoms with van der Waals surface area (Å²) in [5.74, 6) is -1.77. The number of amides is 1. The number of aliphatic carboxylic acids is 1. The monoisotopic (exact) mass is 214 g/mol. The maximum absolute atomic E-state index is 11.5. The van der Waals surface area contributed by atoms with E-state index in [1.165, 1.54) is 0 Å². The number of carbonyl (C=O) groups is 2. The quantitative estimate of drug-likeness (QED) is 0.663. The second kappa shape index (κ2) is 4.61. The molecule has 0 aromatic rings. The minimum Gasteiger partial charge on any atom is -0.481 e. The molecule has 86 valence electrons. The first-order valence-electron chi connectivity index (χ1n) is 5.09. The summed E-state index contributed by atoms with van der Waals surface area (Å²) < 4.78 is 0. The van der Waals surface area contributed by atoms with Crippen molar-refractivity contribution in [1.29, 1.82) is 0 Å². The van der Waals surface area contributed by atoms with Gasteiger partial charge in [0, 0.05) is 12.6 Å². The van der Waals surface area contributed by atoms with Crippen molar-refractivity contribution >= 4 is 11.9 Å². The Morgan fingerprint density at radius 1 is 1.47 bits per heavy atom. The minimum atomic E-state index is -0.865. The zero-order valence-corrected chi connectivity index (χ0v) is 9.36. The number of likely N-dealkylation sites (N-methyl/N-ethyl adjacent to an activating group) is 1. The van der Waals surface area contributed by atoms with E-state index in [1.807, 2.05) is 25.9 Å². The Hall–Kier alpha value is -1.10. The lowest BCUT2D eigenvalue weighted by molar-refractivity contribution is -0.140. The van der Waals surface area contributed by atoms with Crippen molar-refractivity contribution in [2.24, 2.45) is 11.8 Å². The molecule has 1 amide bonds. The third-order valence-corrected chi connectivity index (χ3v) is 2.47. The summed E-state index contributed by atoms with van der Waals surface area (Å²) in [6.45, 7) is 2.67. The molecule has 0 aromatic carbocycles. The number of carboxylic acid groups (broad SMARTS) is 1. The number of nitrogens with one attached hydrogen (secondary N) is 1. The molecule has 0 spiro atoms. The topological polar surface area (TPSA) is 69.6 Å². The van der Waals surface area contributed by atoms with Crippen LogP contribution in [0.4, 0.5) is 0 Å². The first-order chi connectivity index (χ1) is 6.91. The highest BCUT2D eigenvalue weighted by atomic mass is 16.4. The van der Waals surface area contributed by atoms with Gasteiger partial charge < -0.3 is 15.3 Å². The van der Waals surface area contributed by atoms with Gasteiger partial charge in [0.05, 0.1) is 11.8 Å². The van der Waals surface area contributed by atoms with Crippen LogP contribution in [-0.2, 0) is 9.59 Å². The predicted molar refractivity (Wildman–Crippen MR) is 55.4 cm³/mol. The SMILES string of the molecule is CC(CN(C)C)NC(=O)[C@@H]1C[C@@H]1C(=O)O. The van der Waals surface area contributed by atoms with Crippen LogP contribution >= 0.6 is 0 Å². The molecule has 1 saturated carbocycles. The van der Waals surface area contributed by atoms with E-state index in [9.17, 15) is 9.59 Å². The second-order valence-corrected chi connectivity index (χ2v) is 4.46. The van der Waals surface area contributed by atoms with Crippen LogP contribution in [0.15, 0.2) is 0 Å². The minimum absolute atomic E-state index is 0.0579. The van der Waals surface area contributed by atoms with Crippen LogP contribution in [0.1, 0.15) is 13.3 Å². The van der Waals surface area contributed by atoms with E-state index < -0.39 is 11.9 Å². The number of rotatable bonds is 5. The van der Waals surface area contributed by atoms with Gasteiger partial charge in [-0.3, -0.25) is 9.59 Å². The van der Waals surface area contributed by atoms with E-state index >= 15 is 0 Å². The summed E-state index contributed by atoms with van der Waals surface area (Å²) in [4.78, 5) is 24.0. The highest BCUT2D eigenvalue weighted by Gasteiger charge is 2.48. The van der Waals surface area contributed by atoms with Crippen LogP contribution in [-0.4, -0.2) is 48.6 Å². The van der Waals surface area contributed by atoms with E-state index in [4.69, 9.17) is 5.11 Å². The Kier molecular flexibility index (Phi) is 3.68. The van der Waals surface area contributed by atoms with Gasteiger partial charge in [0.2, 0.25) is 5.91 Å².